The molecule has 140 valence electrons. The molecule has 3 amide bonds. The number of nitrogens with two attached hydrogens (primary N) is 1. The zero-order valence-corrected chi connectivity index (χ0v) is 14.7. The molecule has 2 aromatic carbocycles. The van der Waals surface area contributed by atoms with Crippen molar-refractivity contribution in [2.24, 2.45) is 5.73 Å². The predicted molar refractivity (Wildman–Crippen MR) is 99.9 cm³/mol. The third-order valence-corrected chi connectivity index (χ3v) is 4.46. The van der Waals surface area contributed by atoms with Crippen molar-refractivity contribution in [3.8, 4) is 0 Å². The molecule has 0 bridgehead atoms. The topological polar surface area (TPSA) is 83.7 Å². The van der Waals surface area contributed by atoms with Crippen molar-refractivity contribution in [3.63, 3.8) is 0 Å². The minimum Gasteiger partial charge on any atom is -0.370 e. The molecule has 0 aromatic heterocycles. The molecular formula is C20H20FN3O3. The van der Waals surface area contributed by atoms with Crippen LogP contribution in [0.3, 0.4) is 0 Å². The third kappa shape index (κ3) is 4.31. The van der Waals surface area contributed by atoms with E-state index >= 15 is 0 Å². The number of carbonyl (C=O) groups excluding carboxylic acids is 3. The summed E-state index contributed by atoms with van der Waals surface area (Å²) in [6, 6.07) is 12.2. The molecule has 0 radical (unpaired) electrons. The summed E-state index contributed by atoms with van der Waals surface area (Å²) in [7, 11) is 0. The van der Waals surface area contributed by atoms with Crippen molar-refractivity contribution in [2.75, 3.05) is 22.9 Å². The summed E-state index contributed by atoms with van der Waals surface area (Å²) in [5.74, 6) is -1.20. The van der Waals surface area contributed by atoms with Gasteiger partial charge in [0.15, 0.2) is 0 Å². The largest absolute Gasteiger partial charge is 0.370 e. The van der Waals surface area contributed by atoms with Crippen LogP contribution >= 0.6 is 0 Å². The van der Waals surface area contributed by atoms with Crippen molar-refractivity contribution < 1.29 is 18.8 Å². The van der Waals surface area contributed by atoms with Crippen LogP contribution in [-0.4, -0.2) is 30.8 Å². The number of hydrogen-bond acceptors (Lipinski definition) is 3. The highest BCUT2D eigenvalue weighted by molar-refractivity contribution is 6.06. The molecular weight excluding hydrogens is 349 g/mol. The Kier molecular flexibility index (Phi) is 5.49. The molecule has 7 heteroatoms. The van der Waals surface area contributed by atoms with Crippen LogP contribution in [0.5, 0.6) is 0 Å². The van der Waals surface area contributed by atoms with Gasteiger partial charge in [-0.1, -0.05) is 0 Å². The first-order valence-electron chi connectivity index (χ1n) is 8.72. The molecule has 2 aromatic rings. The quantitative estimate of drug-likeness (QED) is 0.849. The van der Waals surface area contributed by atoms with Crippen LogP contribution in [0.2, 0.25) is 0 Å². The van der Waals surface area contributed by atoms with E-state index in [1.54, 1.807) is 29.2 Å². The minimum absolute atomic E-state index is 0.0104. The van der Waals surface area contributed by atoms with Gasteiger partial charge in [0.25, 0.3) is 5.91 Å². The van der Waals surface area contributed by atoms with Gasteiger partial charge in [-0.15, -0.1) is 0 Å². The first-order chi connectivity index (χ1) is 13.0. The summed E-state index contributed by atoms with van der Waals surface area (Å²) in [5.41, 5.74) is 6.84. The Bertz CT molecular complexity index is 850. The zero-order valence-electron chi connectivity index (χ0n) is 14.7. The van der Waals surface area contributed by atoms with Crippen LogP contribution in [-0.2, 0) is 9.59 Å². The number of anilines is 2. The number of hydrogen-bond donors (Lipinski definition) is 1. The maximum atomic E-state index is 13.2. The highest BCUT2D eigenvalue weighted by Gasteiger charge is 2.23. The summed E-state index contributed by atoms with van der Waals surface area (Å²) in [6.07, 6.45) is 1.35. The van der Waals surface area contributed by atoms with Gasteiger partial charge in [-0.05, 0) is 55.0 Å². The highest BCUT2D eigenvalue weighted by Crippen LogP contribution is 2.23. The monoisotopic (exact) mass is 369 g/mol. The van der Waals surface area contributed by atoms with E-state index in [4.69, 9.17) is 5.73 Å². The van der Waals surface area contributed by atoms with E-state index in [1.165, 1.54) is 29.2 Å². The van der Waals surface area contributed by atoms with Crippen LogP contribution in [0, 0.1) is 5.82 Å². The average Bonchev–Trinajstić information content (AvgIpc) is 3.09. The first kappa shape index (κ1) is 18.6. The lowest BCUT2D eigenvalue weighted by Gasteiger charge is -2.23. The Labute approximate surface area is 156 Å². The molecule has 1 aliphatic heterocycles. The summed E-state index contributed by atoms with van der Waals surface area (Å²) in [6.45, 7) is 0.763. The number of carbonyl (C=O) groups is 3. The second-order valence-corrected chi connectivity index (χ2v) is 6.35. The fourth-order valence-corrected chi connectivity index (χ4v) is 3.05. The van der Waals surface area contributed by atoms with E-state index < -0.39 is 11.7 Å². The summed E-state index contributed by atoms with van der Waals surface area (Å²) in [5, 5.41) is 0. The van der Waals surface area contributed by atoms with Crippen molar-refractivity contribution in [1.29, 1.82) is 0 Å². The molecule has 2 N–H and O–H groups in total. The SMILES string of the molecule is NC(=O)CCN(C(=O)c1ccc(N2CCCC2=O)cc1)c1ccc(F)cc1. The Balaban J connectivity index is 1.83. The van der Waals surface area contributed by atoms with Crippen molar-refractivity contribution in [2.45, 2.75) is 19.3 Å². The Morgan fingerprint density at radius 1 is 1.07 bits per heavy atom. The van der Waals surface area contributed by atoms with Crippen LogP contribution in [0.4, 0.5) is 15.8 Å². The van der Waals surface area contributed by atoms with Crippen LogP contribution < -0.4 is 15.5 Å². The lowest BCUT2D eigenvalue weighted by molar-refractivity contribution is -0.118. The summed E-state index contributed by atoms with van der Waals surface area (Å²) < 4.78 is 13.2. The predicted octanol–water partition coefficient (Wildman–Crippen LogP) is 2.47. The number of benzene rings is 2. The second-order valence-electron chi connectivity index (χ2n) is 6.35. The Morgan fingerprint density at radius 3 is 2.30 bits per heavy atom. The molecule has 1 heterocycles. The van der Waals surface area contributed by atoms with E-state index in [2.05, 4.69) is 0 Å². The summed E-state index contributed by atoms with van der Waals surface area (Å²) >= 11 is 0. The van der Waals surface area contributed by atoms with Crippen LogP contribution in [0.15, 0.2) is 48.5 Å². The van der Waals surface area contributed by atoms with E-state index in [1.807, 2.05) is 0 Å². The smallest absolute Gasteiger partial charge is 0.258 e. The fraction of sp³-hybridized carbons (Fsp3) is 0.250. The summed E-state index contributed by atoms with van der Waals surface area (Å²) in [4.78, 5) is 39.0. The highest BCUT2D eigenvalue weighted by atomic mass is 19.1. The van der Waals surface area contributed by atoms with E-state index in [0.717, 1.165) is 12.1 Å². The second kappa shape index (κ2) is 7.99. The Hall–Kier alpha value is -3.22. The average molecular weight is 369 g/mol. The zero-order chi connectivity index (χ0) is 19.4. The van der Waals surface area contributed by atoms with E-state index in [0.29, 0.717) is 24.2 Å². The molecule has 6 nitrogen and oxygen atoms in total. The first-order valence-corrected chi connectivity index (χ1v) is 8.72. The lowest BCUT2D eigenvalue weighted by Crippen LogP contribution is -2.34. The molecule has 27 heavy (non-hydrogen) atoms. The number of rotatable bonds is 6. The Morgan fingerprint density at radius 2 is 1.74 bits per heavy atom. The molecule has 0 atom stereocenters. The van der Waals surface area contributed by atoms with Gasteiger partial charge in [0, 0.05) is 42.9 Å². The van der Waals surface area contributed by atoms with Crippen molar-refractivity contribution in [3.05, 3.63) is 59.9 Å². The maximum Gasteiger partial charge on any atom is 0.258 e. The van der Waals surface area contributed by atoms with Gasteiger partial charge in [0.1, 0.15) is 5.82 Å². The van der Waals surface area contributed by atoms with E-state index in [-0.39, 0.29) is 24.8 Å². The van der Waals surface area contributed by atoms with E-state index in [9.17, 15) is 18.8 Å². The lowest BCUT2D eigenvalue weighted by atomic mass is 10.1. The number of primary amides is 1. The van der Waals surface area contributed by atoms with Gasteiger partial charge in [-0.2, -0.15) is 0 Å². The number of amides is 3. The van der Waals surface area contributed by atoms with Gasteiger partial charge in [-0.3, -0.25) is 14.4 Å². The number of halogens is 1. The molecule has 1 fully saturated rings. The molecule has 1 aliphatic rings. The van der Waals surface area contributed by atoms with Crippen LogP contribution in [0.1, 0.15) is 29.6 Å². The molecule has 1 saturated heterocycles. The molecule has 0 aliphatic carbocycles. The normalized spacial score (nSPS) is 13.7. The van der Waals surface area contributed by atoms with Crippen LogP contribution in [0.25, 0.3) is 0 Å². The molecule has 0 spiro atoms. The van der Waals surface area contributed by atoms with Gasteiger partial charge >= 0.3 is 0 Å². The van der Waals surface area contributed by atoms with Crippen molar-refractivity contribution in [1.82, 2.24) is 0 Å². The molecule has 0 saturated carbocycles. The van der Waals surface area contributed by atoms with Gasteiger partial charge in [0.05, 0.1) is 0 Å². The molecule has 0 unspecified atom stereocenters. The van der Waals surface area contributed by atoms with Gasteiger partial charge < -0.3 is 15.5 Å². The minimum atomic E-state index is -0.530. The standard InChI is InChI=1S/C20H20FN3O3/c21-15-5-9-17(10-6-15)24(13-11-18(22)25)20(27)14-3-7-16(8-4-14)23-12-1-2-19(23)26/h3-10H,1-2,11-13H2,(H2,22,25). The maximum absolute atomic E-state index is 13.2. The van der Waals surface area contributed by atoms with Gasteiger partial charge in [0.2, 0.25) is 11.8 Å². The van der Waals surface area contributed by atoms with Gasteiger partial charge in [-0.25, -0.2) is 4.39 Å². The third-order valence-electron chi connectivity index (χ3n) is 4.46. The fourth-order valence-electron chi connectivity index (χ4n) is 3.05. The van der Waals surface area contributed by atoms with Crippen molar-refractivity contribution >= 4 is 29.1 Å². The molecule has 3 rings (SSSR count). The number of nitrogens with zero attached hydrogens (tertiary/aromatic N) is 2.